The molecule has 0 aromatic heterocycles. The Kier molecular flexibility index (Phi) is 3.53. The zero-order valence-electron chi connectivity index (χ0n) is 10.9. The average Bonchev–Trinajstić information content (AvgIpc) is 3.07. The fourth-order valence-corrected chi connectivity index (χ4v) is 4.95. The second-order valence-electron chi connectivity index (χ2n) is 4.76. The summed E-state index contributed by atoms with van der Waals surface area (Å²) in [4.78, 5) is 9.51. The first kappa shape index (κ1) is 13.4. The maximum absolute atomic E-state index is 5.93. The Morgan fingerprint density at radius 1 is 0.762 bits per heavy atom. The van der Waals surface area contributed by atoms with Crippen molar-refractivity contribution in [3.8, 4) is 0 Å². The molecule has 2 aromatic rings. The molecule has 0 saturated heterocycles. The fourth-order valence-electron chi connectivity index (χ4n) is 2.28. The summed E-state index contributed by atoms with van der Waals surface area (Å²) in [7, 11) is 0. The van der Waals surface area contributed by atoms with E-state index >= 15 is 0 Å². The Hall–Kier alpha value is -1.23. The zero-order chi connectivity index (χ0) is 14.2. The molecule has 4 rings (SSSR count). The molecule has 5 heteroatoms. The summed E-state index contributed by atoms with van der Waals surface area (Å²) in [6, 6.07) is 18.1. The third kappa shape index (κ3) is 2.63. The molecule has 0 fully saturated rings. The molecule has 0 spiro atoms. The van der Waals surface area contributed by atoms with Gasteiger partial charge in [-0.3, -0.25) is 0 Å². The highest BCUT2D eigenvalue weighted by atomic mass is 35.5. The molecule has 2 aliphatic heterocycles. The van der Waals surface area contributed by atoms with Crippen molar-refractivity contribution in [3.05, 3.63) is 70.7 Å². The van der Waals surface area contributed by atoms with Crippen LogP contribution in [0.2, 0.25) is 5.02 Å². The molecule has 2 aliphatic rings. The van der Waals surface area contributed by atoms with Crippen LogP contribution >= 0.6 is 35.1 Å². The van der Waals surface area contributed by atoms with Crippen LogP contribution in [0.1, 0.15) is 11.1 Å². The van der Waals surface area contributed by atoms with Gasteiger partial charge in [0, 0.05) is 16.1 Å². The Morgan fingerprint density at radius 3 is 1.90 bits per heavy atom. The smallest absolute Gasteiger partial charge is 0.163 e. The zero-order valence-corrected chi connectivity index (χ0v) is 13.3. The van der Waals surface area contributed by atoms with Crippen LogP contribution in [0.5, 0.6) is 0 Å². The van der Waals surface area contributed by atoms with Gasteiger partial charge < -0.3 is 0 Å². The van der Waals surface area contributed by atoms with E-state index in [1.54, 1.807) is 11.8 Å². The molecule has 21 heavy (non-hydrogen) atoms. The molecule has 2 nitrogen and oxygen atoms in total. The second-order valence-corrected chi connectivity index (χ2v) is 7.75. The van der Waals surface area contributed by atoms with Crippen molar-refractivity contribution in [2.24, 2.45) is 9.98 Å². The van der Waals surface area contributed by atoms with Crippen molar-refractivity contribution >= 4 is 45.2 Å². The third-order valence-corrected chi connectivity index (χ3v) is 6.22. The molecule has 0 radical (unpaired) electrons. The lowest BCUT2D eigenvalue weighted by Gasteiger charge is -2.05. The fraction of sp³-hybridized carbons (Fsp3) is 0.125. The van der Waals surface area contributed by atoms with Crippen LogP contribution in [0.15, 0.2) is 64.6 Å². The molecule has 0 aliphatic carbocycles. The summed E-state index contributed by atoms with van der Waals surface area (Å²) in [6.45, 7) is 0. The number of hydrogen-bond acceptors (Lipinski definition) is 4. The first-order chi connectivity index (χ1) is 10.3. The maximum Gasteiger partial charge on any atom is 0.163 e. The van der Waals surface area contributed by atoms with E-state index in [4.69, 9.17) is 21.6 Å². The number of thioether (sulfide) groups is 2. The molecule has 104 valence electrons. The largest absolute Gasteiger partial charge is 0.249 e. The Labute approximate surface area is 136 Å². The van der Waals surface area contributed by atoms with Gasteiger partial charge in [0.2, 0.25) is 0 Å². The lowest BCUT2D eigenvalue weighted by Crippen LogP contribution is -2.03. The number of halogens is 1. The van der Waals surface area contributed by atoms with E-state index in [2.05, 4.69) is 12.1 Å². The molecular formula is C16H11ClN2S2. The van der Waals surface area contributed by atoms with E-state index in [0.717, 1.165) is 20.7 Å². The molecule has 0 amide bonds. The van der Waals surface area contributed by atoms with Gasteiger partial charge in [-0.1, -0.05) is 77.6 Å². The van der Waals surface area contributed by atoms with Gasteiger partial charge in [-0.15, -0.1) is 0 Å². The normalized spacial score (nSPS) is 23.7. The molecule has 2 aromatic carbocycles. The van der Waals surface area contributed by atoms with Crippen molar-refractivity contribution in [1.29, 1.82) is 0 Å². The van der Waals surface area contributed by atoms with E-state index in [9.17, 15) is 0 Å². The van der Waals surface area contributed by atoms with Gasteiger partial charge in [0.15, 0.2) is 6.17 Å². The Balaban J connectivity index is 1.59. The van der Waals surface area contributed by atoms with Crippen LogP contribution in [0, 0.1) is 0 Å². The van der Waals surface area contributed by atoms with Crippen molar-refractivity contribution in [3.63, 3.8) is 0 Å². The monoisotopic (exact) mass is 330 g/mol. The van der Waals surface area contributed by atoms with E-state index in [1.165, 1.54) is 5.56 Å². The minimum atomic E-state index is 0.0286. The van der Waals surface area contributed by atoms with Crippen molar-refractivity contribution in [1.82, 2.24) is 0 Å². The molecule has 0 bridgehead atoms. The van der Waals surface area contributed by atoms with Gasteiger partial charge in [-0.05, 0) is 12.1 Å². The molecule has 2 atom stereocenters. The first-order valence-corrected chi connectivity index (χ1v) is 8.73. The predicted octanol–water partition coefficient (Wildman–Crippen LogP) is 4.68. The Morgan fingerprint density at radius 2 is 1.33 bits per heavy atom. The average molecular weight is 331 g/mol. The van der Waals surface area contributed by atoms with E-state index in [0.29, 0.717) is 4.58 Å². The number of rotatable bonds is 2. The maximum atomic E-state index is 5.93. The highest BCUT2D eigenvalue weighted by Crippen LogP contribution is 2.44. The number of fused-ring (bicyclic) bond motifs is 1. The van der Waals surface area contributed by atoms with E-state index in [-0.39, 0.29) is 6.17 Å². The second kappa shape index (κ2) is 5.52. The summed E-state index contributed by atoms with van der Waals surface area (Å²) in [5.41, 5.74) is 2.30. The van der Waals surface area contributed by atoms with Crippen molar-refractivity contribution in [2.45, 2.75) is 10.7 Å². The topological polar surface area (TPSA) is 24.7 Å². The molecular weight excluding hydrogens is 320 g/mol. The summed E-state index contributed by atoms with van der Waals surface area (Å²) in [5.74, 6) is 0. The predicted molar refractivity (Wildman–Crippen MR) is 93.7 cm³/mol. The van der Waals surface area contributed by atoms with Gasteiger partial charge >= 0.3 is 0 Å². The Bertz CT molecular complexity index is 726. The van der Waals surface area contributed by atoms with Crippen molar-refractivity contribution in [2.75, 3.05) is 0 Å². The van der Waals surface area contributed by atoms with Crippen LogP contribution in [-0.2, 0) is 0 Å². The van der Waals surface area contributed by atoms with E-state index in [1.807, 2.05) is 54.2 Å². The summed E-state index contributed by atoms with van der Waals surface area (Å²) in [5, 5.41) is 2.91. The standard InChI is InChI=1S/C16H11ClN2S2/c17-12-8-6-11(7-9-12)15-19-13-16(21-15)20-14(18-13)10-4-2-1-3-5-10/h1-9,13,16H/t13-,16-/m0/s1. The van der Waals surface area contributed by atoms with Gasteiger partial charge in [-0.2, -0.15) is 0 Å². The lowest BCUT2D eigenvalue weighted by atomic mass is 10.2. The van der Waals surface area contributed by atoms with Crippen LogP contribution in [0.4, 0.5) is 0 Å². The molecule has 0 unspecified atom stereocenters. The van der Waals surface area contributed by atoms with Crippen LogP contribution < -0.4 is 0 Å². The van der Waals surface area contributed by atoms with Gasteiger partial charge in [0.1, 0.15) is 14.7 Å². The highest BCUT2D eigenvalue weighted by Gasteiger charge is 2.37. The molecule has 0 N–H and O–H groups in total. The van der Waals surface area contributed by atoms with Crippen LogP contribution in [-0.4, -0.2) is 20.8 Å². The van der Waals surface area contributed by atoms with Gasteiger partial charge in [-0.25, -0.2) is 9.98 Å². The lowest BCUT2D eigenvalue weighted by molar-refractivity contribution is 0.809. The first-order valence-electron chi connectivity index (χ1n) is 6.60. The summed E-state index contributed by atoms with van der Waals surface area (Å²) in [6.07, 6.45) is 0.0286. The van der Waals surface area contributed by atoms with Crippen LogP contribution in [0.25, 0.3) is 0 Å². The van der Waals surface area contributed by atoms with Gasteiger partial charge in [0.25, 0.3) is 0 Å². The minimum absolute atomic E-state index is 0.0286. The number of aliphatic imine (C=N–C) groups is 2. The van der Waals surface area contributed by atoms with Crippen LogP contribution in [0.3, 0.4) is 0 Å². The SMILES string of the molecule is Clc1ccc(C2=N[C@@H]3N=C(c4ccccc4)S[C@H]3S2)cc1. The minimum Gasteiger partial charge on any atom is -0.249 e. The quantitative estimate of drug-likeness (QED) is 0.798. The van der Waals surface area contributed by atoms with E-state index < -0.39 is 0 Å². The van der Waals surface area contributed by atoms with Crippen molar-refractivity contribution < 1.29 is 0 Å². The molecule has 2 heterocycles. The molecule has 0 saturated carbocycles. The summed E-state index contributed by atoms with van der Waals surface area (Å²) >= 11 is 9.53. The number of benzene rings is 2. The summed E-state index contributed by atoms with van der Waals surface area (Å²) < 4.78 is 0.353. The van der Waals surface area contributed by atoms with Gasteiger partial charge in [0.05, 0.1) is 0 Å². The number of nitrogens with zero attached hydrogens (tertiary/aromatic N) is 2. The number of hydrogen-bond donors (Lipinski definition) is 0. The third-order valence-electron chi connectivity index (χ3n) is 3.31. The highest BCUT2D eigenvalue weighted by molar-refractivity contribution is 8.31.